The van der Waals surface area contributed by atoms with Crippen LogP contribution in [0, 0.1) is 17.8 Å². The van der Waals surface area contributed by atoms with Crippen molar-refractivity contribution >= 4 is 52.4 Å². The number of rotatable bonds is 3. The van der Waals surface area contributed by atoms with Gasteiger partial charge in [0.2, 0.25) is 5.91 Å². The second-order valence-corrected chi connectivity index (χ2v) is 6.58. The molecule has 4 nitrogen and oxygen atoms in total. The molecule has 1 fully saturated rings. The third kappa shape index (κ3) is 3.62. The fourth-order valence-corrected chi connectivity index (χ4v) is 3.29. The van der Waals surface area contributed by atoms with Crippen LogP contribution in [0.2, 0.25) is 15.1 Å². The van der Waals surface area contributed by atoms with E-state index in [1.165, 1.54) is 12.1 Å². The molecule has 0 aliphatic heterocycles. The first-order valence-electron chi connectivity index (χ1n) is 6.47. The molecule has 7 heteroatoms. The van der Waals surface area contributed by atoms with Crippen LogP contribution in [0.25, 0.3) is 0 Å². The number of carboxylic acid groups (broad SMARTS) is 1. The summed E-state index contributed by atoms with van der Waals surface area (Å²) in [4.78, 5) is 23.5. The van der Waals surface area contributed by atoms with Crippen LogP contribution in [0.4, 0.5) is 5.69 Å². The van der Waals surface area contributed by atoms with Crippen molar-refractivity contribution in [1.29, 1.82) is 0 Å². The lowest BCUT2D eigenvalue weighted by Gasteiger charge is -2.16. The molecule has 1 aliphatic rings. The first-order valence-corrected chi connectivity index (χ1v) is 7.61. The predicted octanol–water partition coefficient (Wildman–Crippen LogP) is 4.33. The van der Waals surface area contributed by atoms with Crippen LogP contribution in [0.1, 0.15) is 19.8 Å². The van der Waals surface area contributed by atoms with Gasteiger partial charge in [-0.15, -0.1) is 0 Å². The van der Waals surface area contributed by atoms with Gasteiger partial charge in [-0.3, -0.25) is 9.59 Å². The van der Waals surface area contributed by atoms with Crippen molar-refractivity contribution in [3.05, 3.63) is 27.2 Å². The normalized spacial score (nSPS) is 24.9. The third-order valence-electron chi connectivity index (χ3n) is 3.72. The maximum absolute atomic E-state index is 12.3. The Balaban J connectivity index is 2.18. The van der Waals surface area contributed by atoms with Gasteiger partial charge in [-0.05, 0) is 30.9 Å². The molecule has 1 aromatic rings. The molecule has 0 heterocycles. The Morgan fingerprint density at radius 1 is 1.10 bits per heavy atom. The van der Waals surface area contributed by atoms with Crippen LogP contribution in [-0.4, -0.2) is 17.0 Å². The molecule has 1 saturated carbocycles. The smallest absolute Gasteiger partial charge is 0.307 e. The zero-order valence-electron chi connectivity index (χ0n) is 11.2. The van der Waals surface area contributed by atoms with Crippen LogP contribution in [0.3, 0.4) is 0 Å². The summed E-state index contributed by atoms with van der Waals surface area (Å²) in [5.74, 6) is -2.33. The summed E-state index contributed by atoms with van der Waals surface area (Å²) in [6.07, 6.45) is 1.05. The molecule has 0 bridgehead atoms. The van der Waals surface area contributed by atoms with E-state index < -0.39 is 17.8 Å². The van der Waals surface area contributed by atoms with E-state index >= 15 is 0 Å². The second-order valence-electron chi connectivity index (χ2n) is 5.36. The first kappa shape index (κ1) is 16.4. The zero-order valence-corrected chi connectivity index (χ0v) is 13.5. The fourth-order valence-electron chi connectivity index (χ4n) is 2.70. The maximum atomic E-state index is 12.3. The molecular weight excluding hydrogens is 337 g/mol. The molecular formula is C14H14Cl3NO3. The van der Waals surface area contributed by atoms with Crippen LogP contribution in [-0.2, 0) is 9.59 Å². The lowest BCUT2D eigenvalue weighted by atomic mass is 9.95. The van der Waals surface area contributed by atoms with Gasteiger partial charge in [0, 0.05) is 0 Å². The van der Waals surface area contributed by atoms with E-state index in [1.807, 2.05) is 6.92 Å². The lowest BCUT2D eigenvalue weighted by Crippen LogP contribution is -2.30. The average Bonchev–Trinajstić information content (AvgIpc) is 2.78. The Bertz CT molecular complexity index is 591. The molecule has 2 rings (SSSR count). The Labute approximate surface area is 137 Å². The summed E-state index contributed by atoms with van der Waals surface area (Å²) in [7, 11) is 0. The quantitative estimate of drug-likeness (QED) is 0.797. The monoisotopic (exact) mass is 349 g/mol. The standard InChI is InChI=1S/C14H14Cl3NO3/c1-6-2-7(8(3-6)14(20)21)13(19)18-12-5-10(16)9(15)4-11(12)17/h4-8H,2-3H2,1H3,(H,18,19)(H,20,21). The van der Waals surface area contributed by atoms with Crippen LogP contribution in [0.5, 0.6) is 0 Å². The SMILES string of the molecule is CC1CC(C(=O)O)C(C(=O)Nc2cc(Cl)c(Cl)cc2Cl)C1. The van der Waals surface area contributed by atoms with Gasteiger partial charge >= 0.3 is 5.97 Å². The third-order valence-corrected chi connectivity index (χ3v) is 4.75. The topological polar surface area (TPSA) is 66.4 Å². The molecule has 1 aromatic carbocycles. The number of amides is 1. The van der Waals surface area contributed by atoms with Gasteiger partial charge in [0.15, 0.2) is 0 Å². The first-order chi connectivity index (χ1) is 9.79. The largest absolute Gasteiger partial charge is 0.481 e. The number of benzene rings is 1. The highest BCUT2D eigenvalue weighted by molar-refractivity contribution is 6.44. The van der Waals surface area contributed by atoms with E-state index in [0.29, 0.717) is 18.5 Å². The van der Waals surface area contributed by atoms with Crippen molar-refractivity contribution in [3.63, 3.8) is 0 Å². The Hall–Kier alpha value is -0.970. The number of carboxylic acids is 1. The molecule has 3 atom stereocenters. The molecule has 0 saturated heterocycles. The number of carbonyl (C=O) groups is 2. The summed E-state index contributed by atoms with van der Waals surface area (Å²) in [5.41, 5.74) is 0.333. The maximum Gasteiger partial charge on any atom is 0.307 e. The highest BCUT2D eigenvalue weighted by Crippen LogP contribution is 2.38. The number of aliphatic carboxylic acids is 1. The molecule has 2 N–H and O–H groups in total. The molecule has 0 aromatic heterocycles. The number of carbonyl (C=O) groups excluding carboxylic acids is 1. The van der Waals surface area contributed by atoms with Crippen LogP contribution < -0.4 is 5.32 Å². The van der Waals surface area contributed by atoms with Gasteiger partial charge in [-0.1, -0.05) is 41.7 Å². The van der Waals surface area contributed by atoms with Crippen LogP contribution >= 0.6 is 34.8 Å². The predicted molar refractivity (Wildman–Crippen MR) is 83.1 cm³/mol. The summed E-state index contributed by atoms with van der Waals surface area (Å²) in [6.45, 7) is 1.94. The molecule has 3 unspecified atom stereocenters. The number of anilines is 1. The minimum atomic E-state index is -0.945. The van der Waals surface area contributed by atoms with E-state index in [0.717, 1.165) is 0 Å². The minimum Gasteiger partial charge on any atom is -0.481 e. The van der Waals surface area contributed by atoms with Gasteiger partial charge in [0.05, 0.1) is 32.6 Å². The number of halogens is 3. The van der Waals surface area contributed by atoms with Crippen molar-refractivity contribution in [2.75, 3.05) is 5.32 Å². The van der Waals surface area contributed by atoms with E-state index in [4.69, 9.17) is 34.8 Å². The van der Waals surface area contributed by atoms with Crippen molar-refractivity contribution in [2.24, 2.45) is 17.8 Å². The van der Waals surface area contributed by atoms with Gasteiger partial charge in [0.25, 0.3) is 0 Å². The molecule has 1 amide bonds. The fraction of sp³-hybridized carbons (Fsp3) is 0.429. The summed E-state index contributed by atoms with van der Waals surface area (Å²) in [5, 5.41) is 12.7. The summed E-state index contributed by atoms with van der Waals surface area (Å²) < 4.78 is 0. The summed E-state index contributed by atoms with van der Waals surface area (Å²) in [6, 6.07) is 2.89. The van der Waals surface area contributed by atoms with Crippen LogP contribution in [0.15, 0.2) is 12.1 Å². The molecule has 0 spiro atoms. The Morgan fingerprint density at radius 3 is 2.29 bits per heavy atom. The number of nitrogens with one attached hydrogen (secondary N) is 1. The molecule has 21 heavy (non-hydrogen) atoms. The van der Waals surface area contributed by atoms with E-state index in [2.05, 4.69) is 5.32 Å². The van der Waals surface area contributed by atoms with E-state index in [-0.39, 0.29) is 26.9 Å². The lowest BCUT2D eigenvalue weighted by molar-refractivity contribution is -0.145. The van der Waals surface area contributed by atoms with E-state index in [9.17, 15) is 14.7 Å². The average molecular weight is 351 g/mol. The van der Waals surface area contributed by atoms with Crippen molar-refractivity contribution in [2.45, 2.75) is 19.8 Å². The molecule has 0 radical (unpaired) electrons. The number of hydrogen-bond acceptors (Lipinski definition) is 2. The van der Waals surface area contributed by atoms with Crippen molar-refractivity contribution in [3.8, 4) is 0 Å². The van der Waals surface area contributed by atoms with Gasteiger partial charge in [-0.25, -0.2) is 0 Å². The van der Waals surface area contributed by atoms with Gasteiger partial charge in [-0.2, -0.15) is 0 Å². The summed E-state index contributed by atoms with van der Waals surface area (Å²) >= 11 is 17.7. The second kappa shape index (κ2) is 6.42. The Morgan fingerprint density at radius 2 is 1.67 bits per heavy atom. The van der Waals surface area contributed by atoms with E-state index in [1.54, 1.807) is 0 Å². The van der Waals surface area contributed by atoms with Crippen molar-refractivity contribution < 1.29 is 14.7 Å². The minimum absolute atomic E-state index is 0.200. The molecule has 114 valence electrons. The number of hydrogen-bond donors (Lipinski definition) is 2. The highest BCUT2D eigenvalue weighted by atomic mass is 35.5. The van der Waals surface area contributed by atoms with Gasteiger partial charge in [0.1, 0.15) is 0 Å². The molecule has 1 aliphatic carbocycles. The highest BCUT2D eigenvalue weighted by Gasteiger charge is 2.41. The zero-order chi connectivity index (χ0) is 15.7. The Kier molecular flexibility index (Phi) is 5.02. The van der Waals surface area contributed by atoms with Crippen molar-refractivity contribution in [1.82, 2.24) is 0 Å². The van der Waals surface area contributed by atoms with Gasteiger partial charge < -0.3 is 10.4 Å².